The first-order valence-electron chi connectivity index (χ1n) is 6.87. The molecule has 0 bridgehead atoms. The number of rotatable bonds is 5. The van der Waals surface area contributed by atoms with Gasteiger partial charge in [-0.3, -0.25) is 0 Å². The number of thiazole rings is 1. The Kier molecular flexibility index (Phi) is 4.78. The summed E-state index contributed by atoms with van der Waals surface area (Å²) in [6.45, 7) is 8.73. The highest BCUT2D eigenvalue weighted by Crippen LogP contribution is 2.26. The van der Waals surface area contributed by atoms with Gasteiger partial charge in [0.2, 0.25) is 0 Å². The van der Waals surface area contributed by atoms with E-state index in [1.54, 1.807) is 11.3 Å². The Morgan fingerprint density at radius 2 is 2.05 bits per heavy atom. The van der Waals surface area contributed by atoms with E-state index in [1.807, 2.05) is 13.8 Å². The number of ether oxygens (including phenoxy) is 1. The normalized spacial score (nSPS) is 12.4. The summed E-state index contributed by atoms with van der Waals surface area (Å²) in [5.74, 6) is 0.954. The molecule has 0 saturated carbocycles. The average molecular weight is 290 g/mol. The van der Waals surface area contributed by atoms with Gasteiger partial charge < -0.3 is 10.5 Å². The molecule has 1 atom stereocenters. The van der Waals surface area contributed by atoms with Crippen molar-refractivity contribution in [3.63, 3.8) is 0 Å². The predicted molar refractivity (Wildman–Crippen MR) is 84.5 cm³/mol. The van der Waals surface area contributed by atoms with Gasteiger partial charge in [-0.1, -0.05) is 18.2 Å². The molecule has 0 aliphatic carbocycles. The number of para-hydroxylation sites is 1. The Balaban J connectivity index is 2.15. The quantitative estimate of drug-likeness (QED) is 0.916. The molecule has 2 rings (SSSR count). The number of nitrogens with zero attached hydrogens (tertiary/aromatic N) is 1. The summed E-state index contributed by atoms with van der Waals surface area (Å²) in [4.78, 5) is 5.77. The molecule has 1 aromatic carbocycles. The van der Waals surface area contributed by atoms with E-state index >= 15 is 0 Å². The zero-order valence-corrected chi connectivity index (χ0v) is 13.4. The van der Waals surface area contributed by atoms with Crippen LogP contribution in [0.4, 0.5) is 0 Å². The standard InChI is InChI=1S/C16H22N2OS/c1-10-6-5-7-14(8-11(2)17)16(10)19-9-15-18-12(3)13(4)20-15/h5-7,11H,8-9,17H2,1-4H3. The van der Waals surface area contributed by atoms with Crippen molar-refractivity contribution in [3.8, 4) is 5.75 Å². The molecule has 20 heavy (non-hydrogen) atoms. The van der Waals surface area contributed by atoms with Gasteiger partial charge in [0.05, 0.1) is 5.69 Å². The van der Waals surface area contributed by atoms with Gasteiger partial charge in [0, 0.05) is 10.9 Å². The third-order valence-corrected chi connectivity index (χ3v) is 4.29. The van der Waals surface area contributed by atoms with Crippen molar-refractivity contribution in [1.82, 2.24) is 4.98 Å². The first kappa shape index (κ1) is 15.0. The van der Waals surface area contributed by atoms with Gasteiger partial charge >= 0.3 is 0 Å². The Hall–Kier alpha value is -1.39. The van der Waals surface area contributed by atoms with Gasteiger partial charge in [0.25, 0.3) is 0 Å². The molecule has 2 aromatic rings. The average Bonchev–Trinajstić information content (AvgIpc) is 2.67. The summed E-state index contributed by atoms with van der Waals surface area (Å²) >= 11 is 1.70. The van der Waals surface area contributed by atoms with Crippen LogP contribution in [0.2, 0.25) is 0 Å². The van der Waals surface area contributed by atoms with Crippen molar-refractivity contribution in [3.05, 3.63) is 44.9 Å². The first-order valence-corrected chi connectivity index (χ1v) is 7.68. The van der Waals surface area contributed by atoms with Crippen molar-refractivity contribution in [2.45, 2.75) is 46.8 Å². The molecule has 3 nitrogen and oxygen atoms in total. The minimum Gasteiger partial charge on any atom is -0.486 e. The van der Waals surface area contributed by atoms with Crippen LogP contribution in [0.1, 0.15) is 33.6 Å². The van der Waals surface area contributed by atoms with Crippen LogP contribution in [-0.4, -0.2) is 11.0 Å². The number of aromatic nitrogens is 1. The molecule has 0 amide bonds. The van der Waals surface area contributed by atoms with Crippen LogP contribution in [0.25, 0.3) is 0 Å². The molecule has 1 unspecified atom stereocenters. The molecule has 0 radical (unpaired) electrons. The number of hydrogen-bond donors (Lipinski definition) is 1. The van der Waals surface area contributed by atoms with Crippen LogP contribution in [0.15, 0.2) is 18.2 Å². The Morgan fingerprint density at radius 3 is 2.65 bits per heavy atom. The Bertz CT molecular complexity index is 571. The Labute approximate surface area is 124 Å². The zero-order valence-electron chi connectivity index (χ0n) is 12.6. The van der Waals surface area contributed by atoms with Crippen molar-refractivity contribution in [1.29, 1.82) is 0 Å². The lowest BCUT2D eigenvalue weighted by Crippen LogP contribution is -2.18. The minimum atomic E-state index is 0.128. The fraction of sp³-hybridized carbons (Fsp3) is 0.438. The van der Waals surface area contributed by atoms with Gasteiger partial charge in [0.1, 0.15) is 17.4 Å². The van der Waals surface area contributed by atoms with E-state index in [-0.39, 0.29) is 6.04 Å². The third kappa shape index (κ3) is 3.58. The first-order chi connectivity index (χ1) is 9.47. The molecule has 0 aliphatic rings. The smallest absolute Gasteiger partial charge is 0.140 e. The fourth-order valence-corrected chi connectivity index (χ4v) is 3.01. The fourth-order valence-electron chi connectivity index (χ4n) is 2.16. The molecule has 108 valence electrons. The lowest BCUT2D eigenvalue weighted by Gasteiger charge is -2.14. The van der Waals surface area contributed by atoms with E-state index in [0.717, 1.165) is 28.4 Å². The second-order valence-corrected chi connectivity index (χ2v) is 6.57. The van der Waals surface area contributed by atoms with Gasteiger partial charge in [-0.25, -0.2) is 4.98 Å². The summed E-state index contributed by atoms with van der Waals surface area (Å²) in [6.07, 6.45) is 0.826. The highest BCUT2D eigenvalue weighted by atomic mass is 32.1. The third-order valence-electron chi connectivity index (χ3n) is 3.25. The van der Waals surface area contributed by atoms with Crippen LogP contribution in [0, 0.1) is 20.8 Å². The maximum atomic E-state index is 6.02. The van der Waals surface area contributed by atoms with Gasteiger partial charge in [-0.15, -0.1) is 11.3 Å². The molecule has 0 saturated heterocycles. The number of benzene rings is 1. The predicted octanol–water partition coefficient (Wildman–Crippen LogP) is 3.54. The van der Waals surface area contributed by atoms with Crippen LogP contribution in [-0.2, 0) is 13.0 Å². The van der Waals surface area contributed by atoms with Crippen molar-refractivity contribution in [2.24, 2.45) is 5.73 Å². The molecule has 1 heterocycles. The van der Waals surface area contributed by atoms with Crippen LogP contribution in [0.5, 0.6) is 5.75 Å². The minimum absolute atomic E-state index is 0.128. The maximum Gasteiger partial charge on any atom is 0.140 e. The molecule has 4 heteroatoms. The second kappa shape index (κ2) is 6.37. The highest BCUT2D eigenvalue weighted by molar-refractivity contribution is 7.11. The van der Waals surface area contributed by atoms with E-state index in [1.165, 1.54) is 10.4 Å². The summed E-state index contributed by atoms with van der Waals surface area (Å²) in [5.41, 5.74) is 9.32. The lowest BCUT2D eigenvalue weighted by atomic mass is 10.0. The van der Waals surface area contributed by atoms with Gasteiger partial charge in [-0.2, -0.15) is 0 Å². The zero-order chi connectivity index (χ0) is 14.7. The van der Waals surface area contributed by atoms with Gasteiger partial charge in [-0.05, 0) is 45.2 Å². The van der Waals surface area contributed by atoms with E-state index < -0.39 is 0 Å². The molecular weight excluding hydrogens is 268 g/mol. The van der Waals surface area contributed by atoms with E-state index in [0.29, 0.717) is 6.61 Å². The van der Waals surface area contributed by atoms with E-state index in [9.17, 15) is 0 Å². The van der Waals surface area contributed by atoms with Gasteiger partial charge in [0.15, 0.2) is 0 Å². The monoisotopic (exact) mass is 290 g/mol. The molecule has 0 aliphatic heterocycles. The van der Waals surface area contributed by atoms with Crippen LogP contribution in [0.3, 0.4) is 0 Å². The molecule has 1 aromatic heterocycles. The molecule has 0 fully saturated rings. The molecule has 2 N–H and O–H groups in total. The molecule has 0 spiro atoms. The summed E-state index contributed by atoms with van der Waals surface area (Å²) in [7, 11) is 0. The van der Waals surface area contributed by atoms with Crippen molar-refractivity contribution in [2.75, 3.05) is 0 Å². The largest absolute Gasteiger partial charge is 0.486 e. The van der Waals surface area contributed by atoms with Crippen molar-refractivity contribution < 1.29 is 4.74 Å². The number of hydrogen-bond acceptors (Lipinski definition) is 4. The molecular formula is C16H22N2OS. The summed E-state index contributed by atoms with van der Waals surface area (Å²) in [5, 5.41) is 1.02. The highest BCUT2D eigenvalue weighted by Gasteiger charge is 2.11. The number of nitrogens with two attached hydrogens (primary N) is 1. The lowest BCUT2D eigenvalue weighted by molar-refractivity contribution is 0.299. The SMILES string of the molecule is Cc1cccc(CC(C)N)c1OCc1nc(C)c(C)s1. The van der Waals surface area contributed by atoms with E-state index in [2.05, 4.69) is 37.0 Å². The van der Waals surface area contributed by atoms with E-state index in [4.69, 9.17) is 10.5 Å². The summed E-state index contributed by atoms with van der Waals surface area (Å²) < 4.78 is 6.02. The topological polar surface area (TPSA) is 48.1 Å². The summed E-state index contributed by atoms with van der Waals surface area (Å²) in [6, 6.07) is 6.34. The van der Waals surface area contributed by atoms with Crippen molar-refractivity contribution >= 4 is 11.3 Å². The number of aryl methyl sites for hydroxylation is 3. The maximum absolute atomic E-state index is 6.02. The second-order valence-electron chi connectivity index (χ2n) is 5.28. The van der Waals surface area contributed by atoms with Crippen LogP contribution >= 0.6 is 11.3 Å². The Morgan fingerprint density at radius 1 is 1.30 bits per heavy atom. The van der Waals surface area contributed by atoms with Crippen LogP contribution < -0.4 is 10.5 Å².